The van der Waals surface area contributed by atoms with E-state index in [1.165, 1.54) is 0 Å². The van der Waals surface area contributed by atoms with Crippen LogP contribution in [0.3, 0.4) is 0 Å². The molecule has 0 aliphatic carbocycles. The summed E-state index contributed by atoms with van der Waals surface area (Å²) >= 11 is 0.913. The van der Waals surface area contributed by atoms with Crippen molar-refractivity contribution in [2.45, 2.75) is 6.04 Å². The molecular weight excluding hydrogens is 386 g/mol. The zero-order valence-corrected chi connectivity index (χ0v) is 16.2. The number of para-hydroxylation sites is 1. The Labute approximate surface area is 171 Å². The molecular formula is C22H17N3O3S. The van der Waals surface area contributed by atoms with Crippen molar-refractivity contribution in [1.29, 1.82) is 0 Å². The number of hydrogen-bond acceptors (Lipinski definition) is 6. The molecule has 1 atom stereocenters. The number of imide groups is 1. The summed E-state index contributed by atoms with van der Waals surface area (Å²) in [5, 5.41) is 3.05. The van der Waals surface area contributed by atoms with E-state index in [9.17, 15) is 9.59 Å². The van der Waals surface area contributed by atoms with Crippen molar-refractivity contribution >= 4 is 45.7 Å². The average Bonchev–Trinajstić information content (AvgIpc) is 3.45. The second-order valence-electron chi connectivity index (χ2n) is 6.90. The van der Waals surface area contributed by atoms with Crippen LogP contribution in [-0.2, 0) is 4.79 Å². The van der Waals surface area contributed by atoms with Crippen molar-refractivity contribution in [3.05, 3.63) is 71.1 Å². The molecule has 6 nitrogen and oxygen atoms in total. The van der Waals surface area contributed by atoms with E-state index in [2.05, 4.69) is 22.3 Å². The van der Waals surface area contributed by atoms with Crippen LogP contribution in [0, 0.1) is 0 Å². The number of carbonyl (C=O) groups is 2. The Morgan fingerprint density at radius 3 is 2.72 bits per heavy atom. The van der Waals surface area contributed by atoms with Gasteiger partial charge in [0.05, 0.1) is 16.5 Å². The zero-order chi connectivity index (χ0) is 19.8. The van der Waals surface area contributed by atoms with Crippen molar-refractivity contribution in [2.75, 3.05) is 18.1 Å². The van der Waals surface area contributed by atoms with E-state index in [0.717, 1.165) is 46.3 Å². The summed E-state index contributed by atoms with van der Waals surface area (Å²) in [6, 6.07) is 20.0. The topological polar surface area (TPSA) is 71.3 Å². The third-order valence-electron chi connectivity index (χ3n) is 4.85. The summed E-state index contributed by atoms with van der Waals surface area (Å²) < 4.78 is 5.90. The van der Waals surface area contributed by atoms with Crippen LogP contribution < -0.4 is 15.0 Å². The maximum atomic E-state index is 11.6. The van der Waals surface area contributed by atoms with Gasteiger partial charge in [0, 0.05) is 11.9 Å². The third kappa shape index (κ3) is 3.82. The SMILES string of the molecule is O=C1NC(=O)/C(=C/c2ccc(OCC3CN3c3ccc4ccccc4n3)cc2)S1. The molecule has 0 radical (unpaired) electrons. The molecule has 0 spiro atoms. The van der Waals surface area contributed by atoms with Gasteiger partial charge in [0.15, 0.2) is 0 Å². The predicted octanol–water partition coefficient (Wildman–Crippen LogP) is 3.83. The highest BCUT2D eigenvalue weighted by molar-refractivity contribution is 8.18. The second kappa shape index (κ2) is 7.25. The van der Waals surface area contributed by atoms with E-state index in [4.69, 9.17) is 9.72 Å². The van der Waals surface area contributed by atoms with Crippen molar-refractivity contribution in [1.82, 2.24) is 10.3 Å². The van der Waals surface area contributed by atoms with Crippen LogP contribution in [0.1, 0.15) is 5.56 Å². The van der Waals surface area contributed by atoms with Gasteiger partial charge in [-0.15, -0.1) is 0 Å². The van der Waals surface area contributed by atoms with Crippen LogP contribution in [0.25, 0.3) is 17.0 Å². The van der Waals surface area contributed by atoms with Crippen LogP contribution in [0.5, 0.6) is 5.75 Å². The van der Waals surface area contributed by atoms with Gasteiger partial charge in [-0.05, 0) is 53.7 Å². The van der Waals surface area contributed by atoms with E-state index in [1.807, 2.05) is 48.5 Å². The van der Waals surface area contributed by atoms with Gasteiger partial charge in [0.2, 0.25) is 0 Å². The van der Waals surface area contributed by atoms with Crippen LogP contribution in [-0.4, -0.2) is 35.3 Å². The smallest absolute Gasteiger partial charge is 0.290 e. The minimum atomic E-state index is -0.351. The van der Waals surface area contributed by atoms with Gasteiger partial charge < -0.3 is 9.64 Å². The first kappa shape index (κ1) is 17.8. The largest absolute Gasteiger partial charge is 0.491 e. The van der Waals surface area contributed by atoms with E-state index < -0.39 is 0 Å². The van der Waals surface area contributed by atoms with E-state index in [-0.39, 0.29) is 11.1 Å². The Morgan fingerprint density at radius 1 is 1.10 bits per heavy atom. The fourth-order valence-corrected chi connectivity index (χ4v) is 3.93. The van der Waals surface area contributed by atoms with Crippen molar-refractivity contribution in [2.24, 2.45) is 0 Å². The number of nitrogens with one attached hydrogen (secondary N) is 1. The fourth-order valence-electron chi connectivity index (χ4n) is 3.24. The highest BCUT2D eigenvalue weighted by Crippen LogP contribution is 2.29. The quantitative estimate of drug-likeness (QED) is 0.516. The van der Waals surface area contributed by atoms with E-state index in [1.54, 1.807) is 6.08 Å². The van der Waals surface area contributed by atoms with Gasteiger partial charge in [-0.2, -0.15) is 0 Å². The molecule has 2 aromatic carbocycles. The summed E-state index contributed by atoms with van der Waals surface area (Å²) in [6.45, 7) is 1.51. The lowest BCUT2D eigenvalue weighted by molar-refractivity contribution is -0.115. The van der Waals surface area contributed by atoms with Crippen molar-refractivity contribution in [3.8, 4) is 5.75 Å². The molecule has 2 fully saturated rings. The first-order valence-corrected chi connectivity index (χ1v) is 10.1. The molecule has 2 aliphatic rings. The van der Waals surface area contributed by atoms with Gasteiger partial charge in [0.25, 0.3) is 11.1 Å². The standard InChI is InChI=1S/C22H17N3O3S/c26-21-19(29-22(27)24-21)11-14-5-8-17(9-6-14)28-13-16-12-25(16)20-10-7-15-3-1-2-4-18(15)23-20/h1-11,16H,12-13H2,(H,24,26,27)/b19-11-. The molecule has 144 valence electrons. The first-order chi connectivity index (χ1) is 14.2. The third-order valence-corrected chi connectivity index (χ3v) is 5.67. The molecule has 1 aromatic heterocycles. The Morgan fingerprint density at radius 2 is 1.93 bits per heavy atom. The molecule has 2 aliphatic heterocycles. The number of thioether (sulfide) groups is 1. The molecule has 7 heteroatoms. The normalized spacial score (nSPS) is 19.7. The van der Waals surface area contributed by atoms with Crippen LogP contribution >= 0.6 is 11.8 Å². The Bertz CT molecular complexity index is 1140. The van der Waals surface area contributed by atoms with Crippen LogP contribution in [0.15, 0.2) is 65.6 Å². The molecule has 1 unspecified atom stereocenters. The number of hydrogen-bond donors (Lipinski definition) is 1. The molecule has 1 N–H and O–H groups in total. The highest BCUT2D eigenvalue weighted by Gasteiger charge is 2.35. The predicted molar refractivity (Wildman–Crippen MR) is 114 cm³/mol. The van der Waals surface area contributed by atoms with Crippen LogP contribution in [0.2, 0.25) is 0 Å². The summed E-state index contributed by atoms with van der Waals surface area (Å²) in [5.41, 5.74) is 1.84. The molecule has 3 heterocycles. The van der Waals surface area contributed by atoms with Crippen molar-refractivity contribution in [3.63, 3.8) is 0 Å². The van der Waals surface area contributed by atoms with Gasteiger partial charge >= 0.3 is 0 Å². The fraction of sp³-hybridized carbons (Fsp3) is 0.136. The number of aromatic nitrogens is 1. The summed E-state index contributed by atoms with van der Waals surface area (Å²) in [7, 11) is 0. The highest BCUT2D eigenvalue weighted by atomic mass is 32.2. The molecule has 3 aromatic rings. The minimum absolute atomic E-state index is 0.315. The molecule has 5 rings (SSSR count). The summed E-state index contributed by atoms with van der Waals surface area (Å²) in [4.78, 5) is 30.2. The number of amides is 2. The number of pyridine rings is 1. The molecule has 29 heavy (non-hydrogen) atoms. The Hall–Kier alpha value is -3.32. The molecule has 2 saturated heterocycles. The van der Waals surface area contributed by atoms with E-state index >= 15 is 0 Å². The summed E-state index contributed by atoms with van der Waals surface area (Å²) in [6.07, 6.45) is 1.70. The number of benzene rings is 2. The number of fused-ring (bicyclic) bond motifs is 1. The van der Waals surface area contributed by atoms with Gasteiger partial charge in [-0.3, -0.25) is 14.9 Å². The monoisotopic (exact) mass is 403 g/mol. The lowest BCUT2D eigenvalue weighted by Gasteiger charge is -2.08. The first-order valence-electron chi connectivity index (χ1n) is 9.26. The van der Waals surface area contributed by atoms with Gasteiger partial charge in [0.1, 0.15) is 18.2 Å². The Kier molecular flexibility index (Phi) is 4.44. The van der Waals surface area contributed by atoms with E-state index in [0.29, 0.717) is 17.6 Å². The number of carbonyl (C=O) groups excluding carboxylic acids is 2. The Balaban J connectivity index is 1.18. The molecule has 0 saturated carbocycles. The minimum Gasteiger partial charge on any atom is -0.491 e. The lowest BCUT2D eigenvalue weighted by Crippen LogP contribution is -2.17. The summed E-state index contributed by atoms with van der Waals surface area (Å²) in [5.74, 6) is 1.39. The number of ether oxygens (including phenoxy) is 1. The molecule has 2 amide bonds. The zero-order valence-electron chi connectivity index (χ0n) is 15.4. The molecule has 0 bridgehead atoms. The lowest BCUT2D eigenvalue weighted by atomic mass is 10.2. The van der Waals surface area contributed by atoms with Crippen molar-refractivity contribution < 1.29 is 14.3 Å². The number of rotatable bonds is 5. The second-order valence-corrected chi connectivity index (χ2v) is 7.92. The number of anilines is 1. The average molecular weight is 403 g/mol. The van der Waals surface area contributed by atoms with Gasteiger partial charge in [-0.25, -0.2) is 4.98 Å². The van der Waals surface area contributed by atoms with Crippen LogP contribution in [0.4, 0.5) is 10.6 Å². The maximum absolute atomic E-state index is 11.6. The maximum Gasteiger partial charge on any atom is 0.290 e. The van der Waals surface area contributed by atoms with Gasteiger partial charge in [-0.1, -0.05) is 30.3 Å². The number of nitrogens with zero attached hydrogens (tertiary/aromatic N) is 2.